The summed E-state index contributed by atoms with van der Waals surface area (Å²) in [5.74, 6) is 0. The van der Waals surface area contributed by atoms with Gasteiger partial charge < -0.3 is 0 Å². The Labute approximate surface area is 63.6 Å². The molecule has 1 heterocycles. The second-order valence-corrected chi connectivity index (χ2v) is 3.00. The number of likely N-dealkylation sites (tertiary alicyclic amines) is 1. The fraction of sp³-hybridized carbons (Fsp3) is 0.833. The van der Waals surface area contributed by atoms with Gasteiger partial charge in [-0.15, -0.1) is 0 Å². The number of amides is 1. The predicted octanol–water partition coefficient (Wildman–Crippen LogP) is 1.14. The molecule has 0 aliphatic carbocycles. The summed E-state index contributed by atoms with van der Waals surface area (Å²) in [5, 5.41) is 0. The molecule has 0 aromatic carbocycles. The van der Waals surface area contributed by atoms with Crippen LogP contribution in [0.5, 0.6) is 0 Å². The van der Waals surface area contributed by atoms with Crippen LogP contribution in [0.3, 0.4) is 0 Å². The molecule has 0 saturated carbocycles. The summed E-state index contributed by atoms with van der Waals surface area (Å²) in [6.45, 7) is 3.02. The van der Waals surface area contributed by atoms with Crippen LogP contribution in [-0.4, -0.2) is 22.3 Å². The van der Waals surface area contributed by atoms with Crippen molar-refractivity contribution in [3.63, 3.8) is 0 Å². The number of hydrogen-bond donors (Lipinski definition) is 0. The third-order valence-corrected chi connectivity index (χ3v) is 2.15. The van der Waals surface area contributed by atoms with Crippen molar-refractivity contribution in [2.24, 2.45) is 0 Å². The van der Waals surface area contributed by atoms with E-state index in [9.17, 15) is 4.79 Å². The van der Waals surface area contributed by atoms with Crippen molar-refractivity contribution < 1.29 is 21.1 Å². The van der Waals surface area contributed by atoms with Crippen LogP contribution >= 0.6 is 0 Å². The molecule has 3 heteroatoms. The first-order valence-electron chi connectivity index (χ1n) is 3.19. The number of carbonyl (C=O) groups is 1. The molecule has 9 heavy (non-hydrogen) atoms. The monoisotopic (exact) mass is 164 g/mol. The maximum absolute atomic E-state index is 10.7. The summed E-state index contributed by atoms with van der Waals surface area (Å²) in [4.78, 5) is 12.6. The number of nitrogens with zero attached hydrogens (tertiary/aromatic N) is 1. The average Bonchev–Trinajstić information content (AvgIpc) is 2.13. The molecule has 1 atom stereocenters. The molecular formula is C6H10CrNO. The fourth-order valence-corrected chi connectivity index (χ4v) is 1.63. The zero-order valence-corrected chi connectivity index (χ0v) is 6.74. The van der Waals surface area contributed by atoms with Gasteiger partial charge in [0, 0.05) is 0 Å². The Morgan fingerprint density at radius 3 is 2.67 bits per heavy atom. The number of rotatable bonds is 0. The van der Waals surface area contributed by atoms with E-state index in [1.54, 1.807) is 0 Å². The van der Waals surface area contributed by atoms with Crippen LogP contribution in [0.15, 0.2) is 0 Å². The second-order valence-electron chi connectivity index (χ2n) is 2.45. The molecule has 51 valence electrons. The van der Waals surface area contributed by atoms with E-state index in [1.165, 1.54) is 0 Å². The summed E-state index contributed by atoms with van der Waals surface area (Å²) < 4.78 is 0.0972. The van der Waals surface area contributed by atoms with Crippen LogP contribution in [0.25, 0.3) is 0 Å². The Kier molecular flexibility index (Phi) is 2.15. The summed E-state index contributed by atoms with van der Waals surface area (Å²) in [7, 11) is 0. The van der Waals surface area contributed by atoms with Gasteiger partial charge in [0.25, 0.3) is 0 Å². The van der Waals surface area contributed by atoms with Crippen molar-refractivity contribution in [2.75, 3.05) is 6.54 Å². The van der Waals surface area contributed by atoms with Gasteiger partial charge in [0.1, 0.15) is 0 Å². The Hall–Kier alpha value is 0.00247. The van der Waals surface area contributed by atoms with Crippen LogP contribution in [0, 0.1) is 0 Å². The van der Waals surface area contributed by atoms with Crippen LogP contribution < -0.4 is 0 Å². The van der Waals surface area contributed by atoms with Gasteiger partial charge in [0.15, 0.2) is 0 Å². The quantitative estimate of drug-likeness (QED) is 0.525. The van der Waals surface area contributed by atoms with Crippen LogP contribution in [0.2, 0.25) is 0 Å². The normalized spacial score (nSPS) is 26.8. The molecule has 1 unspecified atom stereocenters. The molecule has 1 saturated heterocycles. The van der Waals surface area contributed by atoms with Crippen molar-refractivity contribution in [3.05, 3.63) is 0 Å². The van der Waals surface area contributed by atoms with E-state index in [1.807, 2.05) is 4.90 Å². The summed E-state index contributed by atoms with van der Waals surface area (Å²) in [6, 6.07) is 0.457. The summed E-state index contributed by atoms with van der Waals surface area (Å²) in [6.07, 6.45) is 2.32. The predicted molar refractivity (Wildman–Crippen MR) is 30.8 cm³/mol. The van der Waals surface area contributed by atoms with E-state index < -0.39 is 0 Å². The van der Waals surface area contributed by atoms with Crippen LogP contribution in [-0.2, 0) is 16.3 Å². The van der Waals surface area contributed by atoms with E-state index in [-0.39, 0.29) is 4.77 Å². The van der Waals surface area contributed by atoms with Crippen LogP contribution in [0.1, 0.15) is 19.8 Å². The molecule has 1 aliphatic rings. The standard InChI is InChI=1S/C6H10NO.Cr/c1-6-3-2-4-7(6)5-8;/h6H,2-4H2,1H3;. The fourth-order valence-electron chi connectivity index (χ4n) is 1.20. The maximum atomic E-state index is 10.7. The molecule has 1 aliphatic heterocycles. The van der Waals surface area contributed by atoms with Gasteiger partial charge in [0.2, 0.25) is 0 Å². The first kappa shape index (κ1) is 7.11. The molecule has 1 amide bonds. The van der Waals surface area contributed by atoms with Crippen molar-refractivity contribution in [1.82, 2.24) is 4.90 Å². The number of hydrogen-bond acceptors (Lipinski definition) is 1. The molecule has 0 N–H and O–H groups in total. The Morgan fingerprint density at radius 1 is 1.78 bits per heavy atom. The summed E-state index contributed by atoms with van der Waals surface area (Å²) >= 11 is 2.50. The summed E-state index contributed by atoms with van der Waals surface area (Å²) in [5.41, 5.74) is 0. The van der Waals surface area contributed by atoms with Crippen molar-refractivity contribution >= 4 is 4.77 Å². The van der Waals surface area contributed by atoms with Gasteiger partial charge in [-0.05, 0) is 0 Å². The average molecular weight is 164 g/mol. The van der Waals surface area contributed by atoms with Gasteiger partial charge in [-0.1, -0.05) is 0 Å². The topological polar surface area (TPSA) is 20.3 Å². The van der Waals surface area contributed by atoms with E-state index in [4.69, 9.17) is 0 Å². The van der Waals surface area contributed by atoms with E-state index in [0.717, 1.165) is 19.4 Å². The first-order chi connectivity index (χ1) is 4.22. The SMILES string of the molecule is CC1CCCN1[C](=O)[Cr]. The van der Waals surface area contributed by atoms with E-state index in [0.29, 0.717) is 6.04 Å². The second kappa shape index (κ2) is 2.72. The van der Waals surface area contributed by atoms with Gasteiger partial charge >= 0.3 is 63.1 Å². The van der Waals surface area contributed by atoms with E-state index in [2.05, 4.69) is 23.2 Å². The zero-order valence-electron chi connectivity index (χ0n) is 5.46. The van der Waals surface area contributed by atoms with Gasteiger partial charge in [-0.3, -0.25) is 0 Å². The van der Waals surface area contributed by atoms with E-state index >= 15 is 0 Å². The molecule has 0 bridgehead atoms. The Bertz CT molecular complexity index is 126. The van der Waals surface area contributed by atoms with Crippen molar-refractivity contribution in [1.29, 1.82) is 0 Å². The zero-order chi connectivity index (χ0) is 6.85. The minimum atomic E-state index is 0.0972. The minimum absolute atomic E-state index is 0.0972. The first-order valence-corrected chi connectivity index (χ1v) is 3.83. The third-order valence-electron chi connectivity index (χ3n) is 1.79. The van der Waals surface area contributed by atoms with Crippen LogP contribution in [0.4, 0.5) is 4.79 Å². The Morgan fingerprint density at radius 2 is 2.44 bits per heavy atom. The molecule has 0 radical (unpaired) electrons. The molecule has 0 aromatic rings. The van der Waals surface area contributed by atoms with Gasteiger partial charge in [-0.2, -0.15) is 0 Å². The van der Waals surface area contributed by atoms with Gasteiger partial charge in [-0.25, -0.2) is 0 Å². The molecular weight excluding hydrogens is 154 g/mol. The molecule has 0 spiro atoms. The molecule has 1 fully saturated rings. The Balaban J connectivity index is 2.49. The third kappa shape index (κ3) is 1.47. The number of carbonyl (C=O) groups excluding carboxylic acids is 1. The van der Waals surface area contributed by atoms with Crippen molar-refractivity contribution in [3.8, 4) is 0 Å². The molecule has 0 aromatic heterocycles. The molecule has 1 rings (SSSR count). The van der Waals surface area contributed by atoms with Crippen molar-refractivity contribution in [2.45, 2.75) is 25.8 Å². The van der Waals surface area contributed by atoms with Gasteiger partial charge in [0.05, 0.1) is 0 Å². The molecule has 2 nitrogen and oxygen atoms in total.